The maximum Gasteiger partial charge on any atom is 0.254 e. The number of aromatic nitrogens is 1. The lowest BCUT2D eigenvalue weighted by atomic mass is 9.96. The fraction of sp³-hybridized carbons (Fsp3) is 0.391. The molecule has 4 rings (SSSR count). The third kappa shape index (κ3) is 4.10. The molecule has 158 valence electrons. The minimum Gasteiger partial charge on any atom is -0.493 e. The number of carbonyl (C=O) groups excluding carboxylic acids is 1. The highest BCUT2D eigenvalue weighted by molar-refractivity contribution is 6.32. The maximum atomic E-state index is 13.1. The lowest BCUT2D eigenvalue weighted by Gasteiger charge is -2.31. The van der Waals surface area contributed by atoms with Gasteiger partial charge in [0.25, 0.3) is 5.91 Å². The smallest absolute Gasteiger partial charge is 0.254 e. The van der Waals surface area contributed by atoms with Crippen LogP contribution in [-0.4, -0.2) is 42.6 Å². The number of piperidine rings is 1. The van der Waals surface area contributed by atoms with Crippen molar-refractivity contribution in [3.8, 4) is 11.5 Å². The molecule has 30 heavy (non-hydrogen) atoms. The molecule has 2 heterocycles. The Morgan fingerprint density at radius 3 is 2.73 bits per heavy atom. The Bertz CT molecular complexity index is 1010. The van der Waals surface area contributed by atoms with Gasteiger partial charge in [0.2, 0.25) is 0 Å². The van der Waals surface area contributed by atoms with Gasteiger partial charge in [-0.3, -0.25) is 4.79 Å². The molecular formula is C23H25ClN2O4. The van der Waals surface area contributed by atoms with Crippen LogP contribution in [0.5, 0.6) is 11.5 Å². The van der Waals surface area contributed by atoms with Gasteiger partial charge in [0.1, 0.15) is 5.52 Å². The van der Waals surface area contributed by atoms with Crippen LogP contribution in [0.15, 0.2) is 40.8 Å². The van der Waals surface area contributed by atoms with Gasteiger partial charge in [-0.25, -0.2) is 4.98 Å². The van der Waals surface area contributed by atoms with E-state index in [-0.39, 0.29) is 11.8 Å². The molecule has 1 amide bonds. The fourth-order valence-corrected chi connectivity index (χ4v) is 4.03. The predicted octanol–water partition coefficient (Wildman–Crippen LogP) is 5.30. The van der Waals surface area contributed by atoms with Gasteiger partial charge in [-0.15, -0.1) is 0 Å². The van der Waals surface area contributed by atoms with Crippen LogP contribution in [0.2, 0.25) is 5.02 Å². The molecule has 0 saturated carbocycles. The molecule has 0 N–H and O–H groups in total. The topological polar surface area (TPSA) is 64.8 Å². The van der Waals surface area contributed by atoms with Crippen molar-refractivity contribution in [3.63, 3.8) is 0 Å². The molecule has 0 radical (unpaired) electrons. The maximum absolute atomic E-state index is 13.1. The summed E-state index contributed by atoms with van der Waals surface area (Å²) in [4.78, 5) is 19.5. The van der Waals surface area contributed by atoms with Gasteiger partial charge in [-0.05, 0) is 43.5 Å². The molecule has 1 fully saturated rings. The number of carbonyl (C=O) groups is 1. The Kier molecular flexibility index (Phi) is 6.13. The van der Waals surface area contributed by atoms with Gasteiger partial charge in [-0.1, -0.05) is 30.7 Å². The molecule has 0 atom stereocenters. The Balaban J connectivity index is 1.45. The van der Waals surface area contributed by atoms with E-state index in [4.69, 9.17) is 25.5 Å². The molecule has 0 aliphatic carbocycles. The van der Waals surface area contributed by atoms with Gasteiger partial charge in [0.15, 0.2) is 23.0 Å². The number of fused-ring (bicyclic) bond motifs is 1. The van der Waals surface area contributed by atoms with Crippen LogP contribution in [0.25, 0.3) is 11.1 Å². The van der Waals surface area contributed by atoms with Crippen molar-refractivity contribution in [1.82, 2.24) is 9.88 Å². The number of para-hydroxylation sites is 2. The molecule has 1 aliphatic heterocycles. The first-order valence-electron chi connectivity index (χ1n) is 10.3. The van der Waals surface area contributed by atoms with E-state index in [1.54, 1.807) is 19.2 Å². The second-order valence-electron chi connectivity index (χ2n) is 7.42. The number of oxazole rings is 1. The summed E-state index contributed by atoms with van der Waals surface area (Å²) in [6, 6.07) is 11.1. The summed E-state index contributed by atoms with van der Waals surface area (Å²) >= 11 is 6.38. The molecule has 1 aliphatic rings. The van der Waals surface area contributed by atoms with Crippen LogP contribution in [-0.2, 0) is 0 Å². The molecule has 2 aromatic carbocycles. The average Bonchev–Trinajstić information content (AvgIpc) is 3.21. The number of rotatable bonds is 6. The minimum atomic E-state index is -0.0618. The Morgan fingerprint density at radius 2 is 2.03 bits per heavy atom. The summed E-state index contributed by atoms with van der Waals surface area (Å²) in [6.45, 7) is 3.82. The molecule has 1 aromatic heterocycles. The highest BCUT2D eigenvalue weighted by Gasteiger charge is 2.28. The fourth-order valence-electron chi connectivity index (χ4n) is 3.76. The molecule has 6 nitrogen and oxygen atoms in total. The van der Waals surface area contributed by atoms with E-state index in [9.17, 15) is 4.79 Å². The van der Waals surface area contributed by atoms with Crippen LogP contribution >= 0.6 is 11.6 Å². The van der Waals surface area contributed by atoms with E-state index in [1.165, 1.54) is 0 Å². The van der Waals surface area contributed by atoms with Crippen molar-refractivity contribution in [2.75, 3.05) is 26.8 Å². The number of hydrogen-bond acceptors (Lipinski definition) is 5. The normalized spacial score (nSPS) is 14.8. The molecule has 1 saturated heterocycles. The quantitative estimate of drug-likeness (QED) is 0.533. The third-order valence-electron chi connectivity index (χ3n) is 5.37. The molecule has 0 unspecified atom stereocenters. The minimum absolute atomic E-state index is 0.0618. The molecule has 0 bridgehead atoms. The number of halogens is 1. The lowest BCUT2D eigenvalue weighted by Crippen LogP contribution is -2.38. The van der Waals surface area contributed by atoms with E-state index >= 15 is 0 Å². The Labute approximate surface area is 180 Å². The number of nitrogens with zero attached hydrogens (tertiary/aromatic N) is 2. The van der Waals surface area contributed by atoms with Crippen molar-refractivity contribution >= 4 is 28.6 Å². The summed E-state index contributed by atoms with van der Waals surface area (Å²) in [6.07, 6.45) is 2.47. The lowest BCUT2D eigenvalue weighted by molar-refractivity contribution is 0.0706. The number of benzene rings is 2. The van der Waals surface area contributed by atoms with Gasteiger partial charge in [-0.2, -0.15) is 0 Å². The SMILES string of the molecule is CCCOc1c(Cl)cc(C(=O)N2CCC(c3nc4ccccc4o3)CC2)cc1OC. The summed E-state index contributed by atoms with van der Waals surface area (Å²) in [5.41, 5.74) is 2.18. The van der Waals surface area contributed by atoms with Crippen LogP contribution in [0, 0.1) is 0 Å². The first-order valence-corrected chi connectivity index (χ1v) is 10.6. The molecule has 0 spiro atoms. The zero-order valence-corrected chi connectivity index (χ0v) is 17.9. The highest BCUT2D eigenvalue weighted by Crippen LogP contribution is 2.37. The van der Waals surface area contributed by atoms with Crippen LogP contribution < -0.4 is 9.47 Å². The second-order valence-corrected chi connectivity index (χ2v) is 7.83. The number of hydrogen-bond donors (Lipinski definition) is 0. The second kappa shape index (κ2) is 8.96. The number of amides is 1. The largest absolute Gasteiger partial charge is 0.493 e. The van der Waals surface area contributed by atoms with E-state index in [2.05, 4.69) is 4.98 Å². The van der Waals surface area contributed by atoms with Crippen molar-refractivity contribution in [3.05, 3.63) is 52.9 Å². The Morgan fingerprint density at radius 1 is 1.27 bits per heavy atom. The Hall–Kier alpha value is -2.73. The van der Waals surface area contributed by atoms with E-state index in [0.29, 0.717) is 41.8 Å². The van der Waals surface area contributed by atoms with Crippen molar-refractivity contribution in [2.24, 2.45) is 0 Å². The monoisotopic (exact) mass is 428 g/mol. The first kappa shape index (κ1) is 20.5. The average molecular weight is 429 g/mol. The third-order valence-corrected chi connectivity index (χ3v) is 5.65. The van der Waals surface area contributed by atoms with Gasteiger partial charge < -0.3 is 18.8 Å². The summed E-state index contributed by atoms with van der Waals surface area (Å²) in [7, 11) is 1.55. The highest BCUT2D eigenvalue weighted by atomic mass is 35.5. The van der Waals surface area contributed by atoms with Gasteiger partial charge >= 0.3 is 0 Å². The summed E-state index contributed by atoms with van der Waals surface area (Å²) in [5.74, 6) is 1.86. The first-order chi connectivity index (χ1) is 14.6. The number of ether oxygens (including phenoxy) is 2. The van der Waals surface area contributed by atoms with Crippen LogP contribution in [0.1, 0.15) is 48.4 Å². The van der Waals surface area contributed by atoms with Crippen molar-refractivity contribution < 1.29 is 18.7 Å². The van der Waals surface area contributed by atoms with Gasteiger partial charge in [0, 0.05) is 24.6 Å². The van der Waals surface area contributed by atoms with E-state index in [0.717, 1.165) is 36.3 Å². The molecule has 3 aromatic rings. The standard InChI is InChI=1S/C23H25ClN2O4/c1-3-12-29-21-17(24)13-16(14-20(21)28-2)23(27)26-10-8-15(9-11-26)22-25-18-6-4-5-7-19(18)30-22/h4-7,13-15H,3,8-12H2,1-2H3. The zero-order chi connectivity index (χ0) is 21.1. The van der Waals surface area contributed by atoms with Crippen LogP contribution in [0.3, 0.4) is 0 Å². The van der Waals surface area contributed by atoms with Crippen molar-refractivity contribution in [1.29, 1.82) is 0 Å². The molecular weight excluding hydrogens is 404 g/mol. The predicted molar refractivity (Wildman–Crippen MR) is 116 cm³/mol. The summed E-state index contributed by atoms with van der Waals surface area (Å²) < 4.78 is 17.0. The van der Waals surface area contributed by atoms with Gasteiger partial charge in [0.05, 0.1) is 18.7 Å². The summed E-state index contributed by atoms with van der Waals surface area (Å²) in [5, 5.41) is 0.382. The zero-order valence-electron chi connectivity index (χ0n) is 17.2. The van der Waals surface area contributed by atoms with Crippen LogP contribution in [0.4, 0.5) is 0 Å². The van der Waals surface area contributed by atoms with E-state index in [1.807, 2.05) is 36.1 Å². The van der Waals surface area contributed by atoms with E-state index < -0.39 is 0 Å². The number of likely N-dealkylation sites (tertiary alicyclic amines) is 1. The van der Waals surface area contributed by atoms with Crippen molar-refractivity contribution in [2.45, 2.75) is 32.1 Å². The number of methoxy groups -OCH3 is 1. The molecule has 7 heteroatoms.